The van der Waals surface area contributed by atoms with E-state index in [1.54, 1.807) is 0 Å². The largest absolute Gasteiger partial charge is 0.314 e. The van der Waals surface area contributed by atoms with Crippen molar-refractivity contribution < 1.29 is 0 Å². The van der Waals surface area contributed by atoms with E-state index in [1.165, 1.54) is 125 Å². The van der Waals surface area contributed by atoms with Crippen LogP contribution in [-0.2, 0) is 6.42 Å². The van der Waals surface area contributed by atoms with Crippen LogP contribution in [0.3, 0.4) is 0 Å². The van der Waals surface area contributed by atoms with E-state index in [9.17, 15) is 0 Å². The maximum atomic E-state index is 2.48. The lowest BCUT2D eigenvalue weighted by Gasteiger charge is -2.30. The number of para-hydroxylation sites is 2. The molecule has 13 rings (SSSR count). The van der Waals surface area contributed by atoms with Gasteiger partial charge < -0.3 is 4.90 Å². The number of allylic oxidation sites excluding steroid dienone is 1. The van der Waals surface area contributed by atoms with Crippen molar-refractivity contribution in [3.8, 4) is 33.4 Å². The Balaban J connectivity index is 0.943. The quantitative estimate of drug-likeness (QED) is 0.109. The minimum Gasteiger partial charge on any atom is -0.314 e. The Morgan fingerprint density at radius 1 is 0.382 bits per heavy atom. The maximum absolute atomic E-state index is 2.48. The number of anilines is 2. The second kappa shape index (κ2) is 16.8. The number of thiophene rings is 1. The number of rotatable bonds is 8. The van der Waals surface area contributed by atoms with Crippen molar-refractivity contribution in [3.05, 3.63) is 258 Å². The summed E-state index contributed by atoms with van der Waals surface area (Å²) in [6, 6.07) is 84.6. The van der Waals surface area contributed by atoms with Gasteiger partial charge >= 0.3 is 0 Å². The summed E-state index contributed by atoms with van der Waals surface area (Å²) in [4.78, 5) is 3.78. The summed E-state index contributed by atoms with van der Waals surface area (Å²) in [6.45, 7) is 0. The van der Waals surface area contributed by atoms with Crippen LogP contribution in [0, 0.1) is 0 Å². The van der Waals surface area contributed by atoms with E-state index in [2.05, 4.69) is 254 Å². The zero-order chi connectivity index (χ0) is 45.0. The first-order valence-electron chi connectivity index (χ1n) is 23.6. The zero-order valence-electron chi connectivity index (χ0n) is 37.4. The molecule has 12 aromatic rings. The van der Waals surface area contributed by atoms with Crippen LogP contribution in [0.15, 0.2) is 236 Å². The number of hydrogen-bond donors (Lipinski definition) is 0. The average molecular weight is 884 g/mol. The van der Waals surface area contributed by atoms with Crippen molar-refractivity contribution in [3.63, 3.8) is 0 Å². The van der Waals surface area contributed by atoms with Crippen LogP contribution >= 0.6 is 11.3 Å². The van der Waals surface area contributed by atoms with E-state index in [1.807, 2.05) is 11.3 Å². The predicted molar refractivity (Wildman–Crippen MR) is 295 cm³/mol. The van der Waals surface area contributed by atoms with Crippen LogP contribution in [-0.4, -0.2) is 0 Å². The second-order valence-corrected chi connectivity index (χ2v) is 18.9. The van der Waals surface area contributed by atoms with Crippen molar-refractivity contribution in [1.82, 2.24) is 0 Å². The Kier molecular flexibility index (Phi) is 9.91. The Morgan fingerprint density at radius 3 is 1.60 bits per heavy atom. The van der Waals surface area contributed by atoms with Gasteiger partial charge in [-0.15, -0.1) is 11.3 Å². The summed E-state index contributed by atoms with van der Waals surface area (Å²) in [7, 11) is 0. The maximum Gasteiger partial charge on any atom is 0.0458 e. The standard InChI is InChI=1S/C66H45NS/c1-5-19-45(20-6-1)60-43-61(64(47-21-7-2-8-22-47)66-59-32-18-16-30-54(59)53-29-15-17-31-58(53)65(60)66)55-39-36-46(51-27-13-14-28-52(51)55)35-33-44-34-38-56-57-40-37-50(42-63(57)68-62(56)41-44)67(48-23-9-3-10-24-48)49-25-11-4-12-26-49/h1-36,38-39,41-43H,37,40H2/b35-33+. The van der Waals surface area contributed by atoms with E-state index in [-0.39, 0.29) is 0 Å². The molecule has 1 aromatic heterocycles. The number of nitrogens with zero attached hydrogens (tertiary/aromatic N) is 1. The molecule has 1 aliphatic carbocycles. The third-order valence-electron chi connectivity index (χ3n) is 14.0. The normalized spacial score (nSPS) is 12.6. The minimum absolute atomic E-state index is 0.987. The third-order valence-corrected chi connectivity index (χ3v) is 15.1. The van der Waals surface area contributed by atoms with Crippen LogP contribution in [0.1, 0.15) is 28.0 Å². The molecule has 0 fully saturated rings. The molecule has 0 aliphatic heterocycles. The van der Waals surface area contributed by atoms with Crippen molar-refractivity contribution in [2.24, 2.45) is 0 Å². The molecule has 1 nitrogen and oxygen atoms in total. The molecule has 0 bridgehead atoms. The molecular weight excluding hydrogens is 839 g/mol. The van der Waals surface area contributed by atoms with Crippen molar-refractivity contribution in [2.75, 3.05) is 4.90 Å². The molecule has 0 amide bonds. The average Bonchev–Trinajstić information content (AvgIpc) is 3.78. The molecule has 0 saturated heterocycles. The first-order valence-corrected chi connectivity index (χ1v) is 24.4. The highest BCUT2D eigenvalue weighted by Crippen LogP contribution is 2.50. The molecule has 320 valence electrons. The lowest BCUT2D eigenvalue weighted by Crippen LogP contribution is -2.18. The predicted octanol–water partition coefficient (Wildman–Crippen LogP) is 18.8. The number of hydrogen-bond acceptors (Lipinski definition) is 2. The number of fused-ring (bicyclic) bond motifs is 10. The first-order chi connectivity index (χ1) is 33.7. The fourth-order valence-corrected chi connectivity index (χ4v) is 12.2. The molecule has 2 heteroatoms. The first kappa shape index (κ1) is 40.0. The molecule has 11 aromatic carbocycles. The molecule has 0 saturated carbocycles. The van der Waals surface area contributed by atoms with Gasteiger partial charge in [0.1, 0.15) is 0 Å². The van der Waals surface area contributed by atoms with Crippen LogP contribution in [0.25, 0.3) is 105 Å². The molecule has 0 radical (unpaired) electrons. The van der Waals surface area contributed by atoms with Crippen molar-refractivity contribution >= 4 is 94.1 Å². The fourth-order valence-electron chi connectivity index (χ4n) is 10.9. The number of benzene rings is 11. The summed E-state index contributed by atoms with van der Waals surface area (Å²) in [5.74, 6) is 0. The molecule has 0 atom stereocenters. The van der Waals surface area contributed by atoms with E-state index in [4.69, 9.17) is 0 Å². The van der Waals surface area contributed by atoms with E-state index < -0.39 is 0 Å². The third kappa shape index (κ3) is 6.84. The molecule has 0 unspecified atom stereocenters. The van der Waals surface area contributed by atoms with Crippen LogP contribution in [0.4, 0.5) is 11.4 Å². The van der Waals surface area contributed by atoms with E-state index >= 15 is 0 Å². The van der Waals surface area contributed by atoms with Gasteiger partial charge in [-0.2, -0.15) is 0 Å². The molecule has 1 heterocycles. The van der Waals surface area contributed by atoms with Crippen LogP contribution in [0.2, 0.25) is 0 Å². The molecule has 68 heavy (non-hydrogen) atoms. The summed E-state index contributed by atoms with van der Waals surface area (Å²) in [6.07, 6.45) is 9.04. The van der Waals surface area contributed by atoms with Gasteiger partial charge in [0, 0.05) is 26.6 Å². The highest BCUT2D eigenvalue weighted by Gasteiger charge is 2.24. The summed E-state index contributed by atoms with van der Waals surface area (Å²) in [5.41, 5.74) is 15.0. The van der Waals surface area contributed by atoms with Crippen LogP contribution in [0.5, 0.6) is 0 Å². The second-order valence-electron chi connectivity index (χ2n) is 17.8. The fraction of sp³-hybridized carbons (Fsp3) is 0.0303. The molecular formula is C66H45NS. The van der Waals surface area contributed by atoms with Crippen molar-refractivity contribution in [1.29, 1.82) is 0 Å². The van der Waals surface area contributed by atoms with E-state index in [0.717, 1.165) is 12.8 Å². The van der Waals surface area contributed by atoms with Crippen molar-refractivity contribution in [2.45, 2.75) is 12.8 Å². The van der Waals surface area contributed by atoms with Gasteiger partial charge in [0.25, 0.3) is 0 Å². The van der Waals surface area contributed by atoms with Crippen LogP contribution < -0.4 is 4.90 Å². The highest BCUT2D eigenvalue weighted by molar-refractivity contribution is 7.20. The molecule has 1 aliphatic rings. The molecule has 0 spiro atoms. The van der Waals surface area contributed by atoms with Gasteiger partial charge in [-0.3, -0.25) is 0 Å². The smallest absolute Gasteiger partial charge is 0.0458 e. The lowest BCUT2D eigenvalue weighted by molar-refractivity contribution is 0.906. The Labute approximate surface area is 400 Å². The van der Waals surface area contributed by atoms with Gasteiger partial charge in [-0.25, -0.2) is 0 Å². The van der Waals surface area contributed by atoms with Gasteiger partial charge in [0.15, 0.2) is 0 Å². The Bertz CT molecular complexity index is 3900. The van der Waals surface area contributed by atoms with Gasteiger partial charge in [-0.05, 0) is 154 Å². The van der Waals surface area contributed by atoms with Gasteiger partial charge in [0.05, 0.1) is 0 Å². The Morgan fingerprint density at radius 2 is 0.941 bits per heavy atom. The lowest BCUT2D eigenvalue weighted by atomic mass is 9.80. The van der Waals surface area contributed by atoms with Gasteiger partial charge in [0.2, 0.25) is 0 Å². The SMILES string of the molecule is C1=C(N(c2ccccc2)c2ccccc2)CCc2c1sc1cc(/C=C/c3ccc(-c4cc(-c5ccccc5)c5c6ccccc6c6ccccc6c5c4-c4ccccc4)c4ccccc34)ccc21. The molecule has 0 N–H and O–H groups in total. The minimum atomic E-state index is 0.987. The van der Waals surface area contributed by atoms with Gasteiger partial charge in [-0.1, -0.05) is 206 Å². The Hall–Kier alpha value is -8.30. The zero-order valence-corrected chi connectivity index (χ0v) is 38.3. The summed E-state index contributed by atoms with van der Waals surface area (Å²) < 4.78 is 1.33. The topological polar surface area (TPSA) is 3.24 Å². The monoisotopic (exact) mass is 883 g/mol. The highest BCUT2D eigenvalue weighted by atomic mass is 32.1. The van der Waals surface area contributed by atoms with E-state index in [0.29, 0.717) is 0 Å². The number of aryl methyl sites for hydroxylation is 1. The summed E-state index contributed by atoms with van der Waals surface area (Å²) >= 11 is 1.91. The summed E-state index contributed by atoms with van der Waals surface area (Å²) in [5, 5.41) is 11.5.